The minimum absolute atomic E-state index is 0.0888. The molecule has 2 aliphatic rings. The van der Waals surface area contributed by atoms with E-state index >= 15 is 0 Å². The summed E-state index contributed by atoms with van der Waals surface area (Å²) in [6.45, 7) is 5.78. The molecule has 1 aromatic heterocycles. The highest BCUT2D eigenvalue weighted by Crippen LogP contribution is 2.34. The summed E-state index contributed by atoms with van der Waals surface area (Å²) in [5.74, 6) is -0.999. The van der Waals surface area contributed by atoms with E-state index in [2.05, 4.69) is 10.00 Å². The highest BCUT2D eigenvalue weighted by molar-refractivity contribution is 5.25. The van der Waals surface area contributed by atoms with Crippen LogP contribution in [0.1, 0.15) is 43.2 Å². The molecule has 6 nitrogen and oxygen atoms in total. The molecule has 0 bridgehead atoms. The molecule has 0 radical (unpaired) electrons. The molecule has 3 atom stereocenters. The normalized spacial score (nSPS) is 25.9. The smallest absolute Gasteiger partial charge is 0.129 e. The summed E-state index contributed by atoms with van der Waals surface area (Å²) in [6, 6.07) is 3.03. The second-order valence-corrected chi connectivity index (χ2v) is 8.46. The summed E-state index contributed by atoms with van der Waals surface area (Å²) in [4.78, 5) is 2.27. The van der Waals surface area contributed by atoms with Gasteiger partial charge < -0.3 is 15.6 Å². The summed E-state index contributed by atoms with van der Waals surface area (Å²) in [5, 5.41) is 14.5. The minimum Gasteiger partial charge on any atom is -0.389 e. The van der Waals surface area contributed by atoms with Crippen LogP contribution in [0, 0.1) is 11.6 Å². The van der Waals surface area contributed by atoms with Crippen molar-refractivity contribution in [2.45, 2.75) is 63.7 Å². The maximum absolute atomic E-state index is 14.1. The quantitative estimate of drug-likeness (QED) is 0.834. The van der Waals surface area contributed by atoms with Gasteiger partial charge in [-0.15, -0.1) is 0 Å². The molecule has 3 N–H and O–H groups in total. The van der Waals surface area contributed by atoms with Crippen LogP contribution in [-0.4, -0.2) is 44.1 Å². The van der Waals surface area contributed by atoms with Gasteiger partial charge in [-0.1, -0.05) is 0 Å². The number of hydrogen-bond acceptors (Lipinski definition) is 5. The van der Waals surface area contributed by atoms with E-state index in [4.69, 9.17) is 10.5 Å². The first-order valence-electron chi connectivity index (χ1n) is 9.53. The van der Waals surface area contributed by atoms with Gasteiger partial charge in [0.15, 0.2) is 0 Å². The van der Waals surface area contributed by atoms with Crippen molar-refractivity contribution in [2.75, 3.05) is 6.61 Å². The Morgan fingerprint density at radius 1 is 1.32 bits per heavy atom. The zero-order valence-electron chi connectivity index (χ0n) is 16.1. The van der Waals surface area contributed by atoms with Crippen LogP contribution >= 0.6 is 0 Å². The number of benzene rings is 1. The van der Waals surface area contributed by atoms with Crippen LogP contribution < -0.4 is 5.73 Å². The van der Waals surface area contributed by atoms with Gasteiger partial charge in [0.25, 0.3) is 0 Å². The summed E-state index contributed by atoms with van der Waals surface area (Å²) >= 11 is 0. The van der Waals surface area contributed by atoms with Gasteiger partial charge in [0.2, 0.25) is 0 Å². The molecular weight excluding hydrogens is 366 g/mol. The molecule has 3 heterocycles. The molecule has 8 heteroatoms. The van der Waals surface area contributed by atoms with E-state index in [1.807, 2.05) is 10.9 Å². The molecule has 1 saturated heterocycles. The highest BCUT2D eigenvalue weighted by atomic mass is 19.1. The van der Waals surface area contributed by atoms with Crippen LogP contribution in [0.5, 0.6) is 0 Å². The number of nitrogens with two attached hydrogens (primary N) is 1. The summed E-state index contributed by atoms with van der Waals surface area (Å²) in [7, 11) is 0. The van der Waals surface area contributed by atoms with E-state index in [9.17, 15) is 13.9 Å². The molecule has 1 aromatic carbocycles. The van der Waals surface area contributed by atoms with Gasteiger partial charge in [0.1, 0.15) is 17.7 Å². The fraction of sp³-hybridized carbons (Fsp3) is 0.550. The van der Waals surface area contributed by atoms with Crippen LogP contribution in [0.3, 0.4) is 0 Å². The lowest BCUT2D eigenvalue weighted by Gasteiger charge is -2.38. The van der Waals surface area contributed by atoms with Crippen molar-refractivity contribution < 1.29 is 18.6 Å². The monoisotopic (exact) mass is 392 g/mol. The molecule has 0 spiro atoms. The predicted octanol–water partition coefficient (Wildman–Crippen LogP) is 2.11. The first-order valence-corrected chi connectivity index (χ1v) is 9.53. The average molecular weight is 392 g/mol. The predicted molar refractivity (Wildman–Crippen MR) is 99.2 cm³/mol. The summed E-state index contributed by atoms with van der Waals surface area (Å²) in [6.07, 6.45) is 1.82. The van der Waals surface area contributed by atoms with Crippen molar-refractivity contribution in [2.24, 2.45) is 5.73 Å². The third-order valence-corrected chi connectivity index (χ3v) is 5.48. The van der Waals surface area contributed by atoms with Gasteiger partial charge in [0.05, 0.1) is 30.6 Å². The van der Waals surface area contributed by atoms with Gasteiger partial charge in [0, 0.05) is 36.3 Å². The maximum atomic E-state index is 14.1. The number of fused-ring (bicyclic) bond motifs is 1. The molecule has 28 heavy (non-hydrogen) atoms. The van der Waals surface area contributed by atoms with Crippen molar-refractivity contribution in [3.63, 3.8) is 0 Å². The second kappa shape index (κ2) is 7.18. The average Bonchev–Trinajstić information content (AvgIpc) is 3.18. The molecule has 2 aromatic rings. The summed E-state index contributed by atoms with van der Waals surface area (Å²) < 4.78 is 35.4. The van der Waals surface area contributed by atoms with E-state index in [0.29, 0.717) is 26.1 Å². The Labute approximate surface area is 162 Å². The Morgan fingerprint density at radius 2 is 2.11 bits per heavy atom. The van der Waals surface area contributed by atoms with Crippen molar-refractivity contribution >= 4 is 0 Å². The Kier molecular flexibility index (Phi) is 4.99. The Hall–Kier alpha value is -1.87. The number of nitrogens with zero attached hydrogens (tertiary/aromatic N) is 3. The van der Waals surface area contributed by atoms with Crippen molar-refractivity contribution in [3.05, 3.63) is 52.9 Å². The lowest BCUT2D eigenvalue weighted by Crippen LogP contribution is -2.48. The molecular formula is C20H26F2N4O2. The Balaban J connectivity index is 1.43. The highest BCUT2D eigenvalue weighted by Gasteiger charge is 2.37. The minimum atomic E-state index is -0.842. The lowest BCUT2D eigenvalue weighted by atomic mass is 9.93. The standard InChI is InChI=1S/C20H26F2N4O2/c1-20(2,27)11-26-18-9-25(8-12(18)7-24-26)14-6-17(23)19(28-10-14)15-5-13(21)3-4-16(15)22/h3-5,7,14,17,19,27H,6,8-11,23H2,1-2H3. The molecule has 1 fully saturated rings. The van der Waals surface area contributed by atoms with Crippen LogP contribution in [0.25, 0.3) is 0 Å². The number of rotatable bonds is 4. The maximum Gasteiger partial charge on any atom is 0.129 e. The number of ether oxygens (including phenoxy) is 1. The molecule has 4 rings (SSSR count). The van der Waals surface area contributed by atoms with Crippen LogP contribution in [0.15, 0.2) is 24.4 Å². The van der Waals surface area contributed by atoms with E-state index in [0.717, 1.165) is 36.0 Å². The third kappa shape index (κ3) is 3.82. The van der Waals surface area contributed by atoms with E-state index in [1.54, 1.807) is 13.8 Å². The van der Waals surface area contributed by atoms with E-state index < -0.39 is 29.4 Å². The lowest BCUT2D eigenvalue weighted by molar-refractivity contribution is -0.0536. The Bertz CT molecular complexity index is 864. The van der Waals surface area contributed by atoms with Crippen molar-refractivity contribution in [1.29, 1.82) is 0 Å². The van der Waals surface area contributed by atoms with Crippen molar-refractivity contribution in [3.8, 4) is 0 Å². The number of hydrogen-bond donors (Lipinski definition) is 2. The number of halogens is 2. The van der Waals surface area contributed by atoms with Gasteiger partial charge in [-0.25, -0.2) is 8.78 Å². The number of aromatic nitrogens is 2. The van der Waals surface area contributed by atoms with Crippen molar-refractivity contribution in [1.82, 2.24) is 14.7 Å². The Morgan fingerprint density at radius 3 is 2.82 bits per heavy atom. The topological polar surface area (TPSA) is 76.5 Å². The zero-order chi connectivity index (χ0) is 20.1. The van der Waals surface area contributed by atoms with Gasteiger partial charge in [-0.2, -0.15) is 5.10 Å². The SMILES string of the molecule is CC(C)(O)Cn1ncc2c1CN(C1COC(c3cc(F)ccc3F)C(N)C1)C2. The molecule has 2 aliphatic heterocycles. The third-order valence-electron chi connectivity index (χ3n) is 5.48. The van der Waals surface area contributed by atoms with Gasteiger partial charge in [-0.3, -0.25) is 9.58 Å². The van der Waals surface area contributed by atoms with E-state index in [1.165, 1.54) is 0 Å². The largest absolute Gasteiger partial charge is 0.389 e. The molecule has 0 aliphatic carbocycles. The van der Waals surface area contributed by atoms with Gasteiger partial charge in [-0.05, 0) is 38.5 Å². The second-order valence-electron chi connectivity index (χ2n) is 8.46. The van der Waals surface area contributed by atoms with Crippen LogP contribution in [0.2, 0.25) is 0 Å². The summed E-state index contributed by atoms with van der Waals surface area (Å²) in [5.41, 5.74) is 7.85. The molecule has 0 saturated carbocycles. The van der Waals surface area contributed by atoms with Gasteiger partial charge >= 0.3 is 0 Å². The molecule has 3 unspecified atom stereocenters. The number of aliphatic hydroxyl groups is 1. The first kappa shape index (κ1) is 19.4. The zero-order valence-corrected chi connectivity index (χ0v) is 16.1. The van der Waals surface area contributed by atoms with Crippen LogP contribution in [-0.2, 0) is 24.4 Å². The first-order chi connectivity index (χ1) is 13.2. The van der Waals surface area contributed by atoms with Crippen LogP contribution in [0.4, 0.5) is 8.78 Å². The fourth-order valence-electron chi connectivity index (χ4n) is 4.14. The molecule has 152 valence electrons. The molecule has 0 amide bonds. The van der Waals surface area contributed by atoms with E-state index in [-0.39, 0.29) is 11.6 Å². The fourth-order valence-corrected chi connectivity index (χ4v) is 4.14.